The van der Waals surface area contributed by atoms with E-state index in [2.05, 4.69) is 6.92 Å². The molecular formula is C12H15FO. The summed E-state index contributed by atoms with van der Waals surface area (Å²) in [5.74, 6) is 0.323. The Bertz CT molecular complexity index is 348. The number of hydrogen-bond donors (Lipinski definition) is 1. The number of hydrogen-bond acceptors (Lipinski definition) is 1. The van der Waals surface area contributed by atoms with Crippen LogP contribution in [0.25, 0.3) is 0 Å². The summed E-state index contributed by atoms with van der Waals surface area (Å²) >= 11 is 0. The molecule has 0 heterocycles. The molecule has 1 aliphatic rings. The molecule has 1 nitrogen and oxygen atoms in total. The lowest BCUT2D eigenvalue weighted by atomic mass is 9.91. The molecule has 1 aliphatic carbocycles. The molecule has 3 atom stereocenters. The van der Waals surface area contributed by atoms with Gasteiger partial charge >= 0.3 is 0 Å². The fraction of sp³-hybridized carbons (Fsp3) is 0.500. The molecule has 2 rings (SSSR count). The third-order valence-corrected chi connectivity index (χ3v) is 3.34. The van der Waals surface area contributed by atoms with Crippen LogP contribution in [0.1, 0.15) is 43.4 Å². The van der Waals surface area contributed by atoms with Crippen LogP contribution in [0.15, 0.2) is 18.2 Å². The summed E-state index contributed by atoms with van der Waals surface area (Å²) < 4.78 is 13.0. The average molecular weight is 194 g/mol. The average Bonchev–Trinajstić information content (AvgIpc) is 2.41. The molecule has 0 radical (unpaired) electrons. The van der Waals surface area contributed by atoms with Gasteiger partial charge in [0.15, 0.2) is 0 Å². The number of halogens is 1. The predicted octanol–water partition coefficient (Wildman–Crippen LogP) is 3.00. The Kier molecular flexibility index (Phi) is 2.31. The van der Waals surface area contributed by atoms with Crippen molar-refractivity contribution in [1.29, 1.82) is 0 Å². The molecular weight excluding hydrogens is 179 g/mol. The van der Waals surface area contributed by atoms with E-state index in [1.54, 1.807) is 0 Å². The monoisotopic (exact) mass is 194 g/mol. The van der Waals surface area contributed by atoms with Crippen LogP contribution >= 0.6 is 0 Å². The van der Waals surface area contributed by atoms with Crippen LogP contribution in [-0.2, 0) is 0 Å². The molecule has 0 saturated carbocycles. The van der Waals surface area contributed by atoms with Gasteiger partial charge in [0.1, 0.15) is 5.82 Å². The first-order valence-corrected chi connectivity index (χ1v) is 5.12. The molecule has 14 heavy (non-hydrogen) atoms. The maximum absolute atomic E-state index is 13.0. The minimum Gasteiger partial charge on any atom is -0.388 e. The van der Waals surface area contributed by atoms with Crippen molar-refractivity contribution < 1.29 is 9.50 Å². The van der Waals surface area contributed by atoms with Crippen molar-refractivity contribution >= 4 is 0 Å². The van der Waals surface area contributed by atoms with E-state index in [-0.39, 0.29) is 11.7 Å². The first-order valence-electron chi connectivity index (χ1n) is 5.12. The fourth-order valence-corrected chi connectivity index (χ4v) is 2.52. The highest BCUT2D eigenvalue weighted by molar-refractivity contribution is 5.38. The quantitative estimate of drug-likeness (QED) is 0.728. The Morgan fingerprint density at radius 1 is 1.36 bits per heavy atom. The van der Waals surface area contributed by atoms with Gasteiger partial charge in [-0.2, -0.15) is 0 Å². The minimum absolute atomic E-state index is 0.205. The molecule has 1 aromatic carbocycles. The Balaban J connectivity index is 2.50. The number of benzene rings is 1. The van der Waals surface area contributed by atoms with Gasteiger partial charge in [0.05, 0.1) is 6.10 Å². The summed E-state index contributed by atoms with van der Waals surface area (Å²) in [4.78, 5) is 0. The van der Waals surface area contributed by atoms with Crippen LogP contribution in [0.3, 0.4) is 0 Å². The van der Waals surface area contributed by atoms with E-state index in [4.69, 9.17) is 0 Å². The van der Waals surface area contributed by atoms with Crippen LogP contribution < -0.4 is 0 Å². The van der Waals surface area contributed by atoms with Crippen molar-refractivity contribution in [3.05, 3.63) is 35.1 Å². The lowest BCUT2D eigenvalue weighted by molar-refractivity contribution is 0.120. The molecule has 0 bridgehead atoms. The summed E-state index contributed by atoms with van der Waals surface area (Å²) in [6, 6.07) is 4.75. The smallest absolute Gasteiger partial charge is 0.123 e. The van der Waals surface area contributed by atoms with Gasteiger partial charge in [-0.25, -0.2) is 4.39 Å². The van der Waals surface area contributed by atoms with E-state index in [9.17, 15) is 9.50 Å². The van der Waals surface area contributed by atoms with Gasteiger partial charge in [0.2, 0.25) is 0 Å². The van der Waals surface area contributed by atoms with Gasteiger partial charge in [-0.05, 0) is 41.5 Å². The highest BCUT2D eigenvalue weighted by Crippen LogP contribution is 2.46. The molecule has 2 heteroatoms. The Morgan fingerprint density at radius 3 is 2.71 bits per heavy atom. The van der Waals surface area contributed by atoms with Crippen molar-refractivity contribution in [2.45, 2.75) is 32.3 Å². The van der Waals surface area contributed by atoms with Crippen LogP contribution in [0.4, 0.5) is 4.39 Å². The van der Waals surface area contributed by atoms with Crippen LogP contribution in [-0.4, -0.2) is 5.11 Å². The standard InChI is InChI=1S/C12H15FO/c1-3-9-7(2)12(14)11-6-8(13)4-5-10(9)11/h4-7,9,12,14H,3H2,1-2H3. The lowest BCUT2D eigenvalue weighted by Crippen LogP contribution is -2.06. The van der Waals surface area contributed by atoms with Crippen molar-refractivity contribution in [3.63, 3.8) is 0 Å². The largest absolute Gasteiger partial charge is 0.388 e. The zero-order chi connectivity index (χ0) is 10.3. The van der Waals surface area contributed by atoms with Crippen LogP contribution in [0.2, 0.25) is 0 Å². The highest BCUT2D eigenvalue weighted by atomic mass is 19.1. The Morgan fingerprint density at radius 2 is 2.07 bits per heavy atom. The molecule has 0 saturated heterocycles. The first-order chi connectivity index (χ1) is 6.65. The second kappa shape index (κ2) is 3.35. The summed E-state index contributed by atoms with van der Waals surface area (Å²) in [5, 5.41) is 9.91. The highest BCUT2D eigenvalue weighted by Gasteiger charge is 2.35. The van der Waals surface area contributed by atoms with Crippen LogP contribution in [0.5, 0.6) is 0 Å². The Labute approximate surface area is 83.6 Å². The molecule has 1 N–H and O–H groups in total. The lowest BCUT2D eigenvalue weighted by Gasteiger charge is -2.15. The molecule has 0 spiro atoms. The molecule has 3 unspecified atom stereocenters. The number of rotatable bonds is 1. The van der Waals surface area contributed by atoms with Gasteiger partial charge in [-0.3, -0.25) is 0 Å². The maximum Gasteiger partial charge on any atom is 0.123 e. The van der Waals surface area contributed by atoms with Crippen molar-refractivity contribution in [2.24, 2.45) is 5.92 Å². The van der Waals surface area contributed by atoms with E-state index in [0.29, 0.717) is 5.92 Å². The maximum atomic E-state index is 13.0. The van der Waals surface area contributed by atoms with Crippen molar-refractivity contribution in [2.75, 3.05) is 0 Å². The molecule has 0 amide bonds. The van der Waals surface area contributed by atoms with E-state index in [0.717, 1.165) is 17.5 Å². The van der Waals surface area contributed by atoms with Crippen molar-refractivity contribution in [3.8, 4) is 0 Å². The molecule has 0 aliphatic heterocycles. The van der Waals surface area contributed by atoms with Gasteiger partial charge in [-0.1, -0.05) is 19.9 Å². The molecule has 1 aromatic rings. The van der Waals surface area contributed by atoms with Gasteiger partial charge in [-0.15, -0.1) is 0 Å². The second-order valence-corrected chi connectivity index (χ2v) is 4.09. The SMILES string of the molecule is CCC1c2ccc(F)cc2C(O)C1C. The third-order valence-electron chi connectivity index (χ3n) is 3.34. The molecule has 76 valence electrons. The molecule has 0 aromatic heterocycles. The first kappa shape index (κ1) is 9.66. The van der Waals surface area contributed by atoms with E-state index in [1.165, 1.54) is 12.1 Å². The van der Waals surface area contributed by atoms with Gasteiger partial charge in [0, 0.05) is 0 Å². The zero-order valence-electron chi connectivity index (χ0n) is 8.50. The van der Waals surface area contributed by atoms with Crippen molar-refractivity contribution in [1.82, 2.24) is 0 Å². The number of aliphatic hydroxyl groups excluding tert-OH is 1. The number of aliphatic hydroxyl groups is 1. The predicted molar refractivity (Wildman–Crippen MR) is 53.6 cm³/mol. The summed E-state index contributed by atoms with van der Waals surface area (Å²) in [7, 11) is 0. The zero-order valence-corrected chi connectivity index (χ0v) is 8.50. The fourth-order valence-electron chi connectivity index (χ4n) is 2.52. The summed E-state index contributed by atoms with van der Waals surface area (Å²) in [5.41, 5.74) is 1.90. The van der Waals surface area contributed by atoms with Gasteiger partial charge in [0.25, 0.3) is 0 Å². The topological polar surface area (TPSA) is 20.2 Å². The van der Waals surface area contributed by atoms with Gasteiger partial charge < -0.3 is 5.11 Å². The number of fused-ring (bicyclic) bond motifs is 1. The molecule has 0 fully saturated rings. The van der Waals surface area contributed by atoms with E-state index < -0.39 is 6.10 Å². The van der Waals surface area contributed by atoms with Crippen LogP contribution in [0, 0.1) is 11.7 Å². The minimum atomic E-state index is -0.495. The summed E-state index contributed by atoms with van der Waals surface area (Å²) in [6.07, 6.45) is 0.502. The second-order valence-electron chi connectivity index (χ2n) is 4.09. The Hall–Kier alpha value is -0.890. The van der Waals surface area contributed by atoms with E-state index >= 15 is 0 Å². The normalized spacial score (nSPS) is 30.4. The van der Waals surface area contributed by atoms with E-state index in [1.807, 2.05) is 13.0 Å². The summed E-state index contributed by atoms with van der Waals surface area (Å²) in [6.45, 7) is 4.13. The third kappa shape index (κ3) is 1.25.